The minimum absolute atomic E-state index is 0.229. The number of rotatable bonds is 2. The van der Waals surface area contributed by atoms with E-state index in [-0.39, 0.29) is 6.10 Å². The molecule has 0 bridgehead atoms. The lowest BCUT2D eigenvalue weighted by Gasteiger charge is -2.36. The molecule has 1 saturated carbocycles. The third kappa shape index (κ3) is 2.61. The Morgan fingerprint density at radius 1 is 1.40 bits per heavy atom. The van der Waals surface area contributed by atoms with Crippen molar-refractivity contribution in [1.82, 2.24) is 0 Å². The van der Waals surface area contributed by atoms with E-state index in [0.717, 1.165) is 5.56 Å². The fourth-order valence-electron chi connectivity index (χ4n) is 2.45. The van der Waals surface area contributed by atoms with Crippen LogP contribution in [0.5, 0.6) is 0 Å². The predicted molar refractivity (Wildman–Crippen MR) is 65.0 cm³/mol. The van der Waals surface area contributed by atoms with Gasteiger partial charge in [-0.2, -0.15) is 11.3 Å². The minimum atomic E-state index is -0.229. The molecule has 1 N–H and O–H groups in total. The second-order valence-corrected chi connectivity index (χ2v) is 6.28. The van der Waals surface area contributed by atoms with E-state index >= 15 is 0 Å². The molecule has 1 aromatic rings. The summed E-state index contributed by atoms with van der Waals surface area (Å²) in [6.07, 6.45) is 4.61. The molecule has 0 radical (unpaired) electrons. The molecular weight excluding hydrogens is 204 g/mol. The summed E-state index contributed by atoms with van der Waals surface area (Å²) in [4.78, 5) is 0. The SMILES string of the molecule is CC1(C)CCC(C(O)c2ccsc2)CC1. The van der Waals surface area contributed by atoms with Gasteiger partial charge in [0.1, 0.15) is 0 Å². The van der Waals surface area contributed by atoms with Crippen molar-refractivity contribution in [3.8, 4) is 0 Å². The second-order valence-electron chi connectivity index (χ2n) is 5.50. The van der Waals surface area contributed by atoms with Crippen LogP contribution in [-0.4, -0.2) is 5.11 Å². The van der Waals surface area contributed by atoms with E-state index in [1.807, 2.05) is 5.38 Å². The summed E-state index contributed by atoms with van der Waals surface area (Å²) in [5.74, 6) is 0.479. The number of aliphatic hydroxyl groups excluding tert-OH is 1. The van der Waals surface area contributed by atoms with Crippen molar-refractivity contribution in [2.24, 2.45) is 11.3 Å². The summed E-state index contributed by atoms with van der Waals surface area (Å²) >= 11 is 1.67. The maximum absolute atomic E-state index is 10.2. The van der Waals surface area contributed by atoms with Crippen molar-refractivity contribution in [3.05, 3.63) is 22.4 Å². The molecule has 2 rings (SSSR count). The number of hydrogen-bond acceptors (Lipinski definition) is 2. The van der Waals surface area contributed by atoms with Crippen LogP contribution >= 0.6 is 11.3 Å². The van der Waals surface area contributed by atoms with Gasteiger partial charge in [0.05, 0.1) is 6.10 Å². The first kappa shape index (κ1) is 11.2. The summed E-state index contributed by atoms with van der Waals surface area (Å²) in [6, 6.07) is 2.05. The topological polar surface area (TPSA) is 20.2 Å². The van der Waals surface area contributed by atoms with Crippen LogP contribution in [0.4, 0.5) is 0 Å². The van der Waals surface area contributed by atoms with Gasteiger partial charge in [0.25, 0.3) is 0 Å². The minimum Gasteiger partial charge on any atom is -0.388 e. The summed E-state index contributed by atoms with van der Waals surface area (Å²) in [5.41, 5.74) is 1.61. The maximum Gasteiger partial charge on any atom is 0.0826 e. The monoisotopic (exact) mass is 224 g/mol. The average Bonchev–Trinajstić information content (AvgIpc) is 2.69. The molecule has 1 heterocycles. The molecule has 1 aliphatic carbocycles. The fraction of sp³-hybridized carbons (Fsp3) is 0.692. The molecular formula is C13H20OS. The molecule has 1 atom stereocenters. The molecule has 0 spiro atoms. The molecule has 84 valence electrons. The lowest BCUT2D eigenvalue weighted by molar-refractivity contribution is 0.0570. The number of thiophene rings is 1. The number of hydrogen-bond donors (Lipinski definition) is 1. The van der Waals surface area contributed by atoms with Crippen LogP contribution in [0.25, 0.3) is 0 Å². The molecule has 0 amide bonds. The van der Waals surface area contributed by atoms with Gasteiger partial charge < -0.3 is 5.11 Å². The van der Waals surface area contributed by atoms with Crippen molar-refractivity contribution in [3.63, 3.8) is 0 Å². The standard InChI is InChI=1S/C13H20OS/c1-13(2)6-3-10(4-7-13)12(14)11-5-8-15-9-11/h5,8-10,12,14H,3-4,6-7H2,1-2H3. The van der Waals surface area contributed by atoms with Crippen molar-refractivity contribution in [1.29, 1.82) is 0 Å². The molecule has 1 aromatic heterocycles. The zero-order valence-corrected chi connectivity index (χ0v) is 10.4. The van der Waals surface area contributed by atoms with Gasteiger partial charge in [-0.15, -0.1) is 0 Å². The van der Waals surface area contributed by atoms with Crippen LogP contribution in [0, 0.1) is 11.3 Å². The zero-order valence-electron chi connectivity index (χ0n) is 9.57. The molecule has 1 fully saturated rings. The average molecular weight is 224 g/mol. The predicted octanol–water partition coefficient (Wildman–Crippen LogP) is 4.00. The second kappa shape index (κ2) is 4.26. The van der Waals surface area contributed by atoms with Crippen molar-refractivity contribution < 1.29 is 5.11 Å². The Morgan fingerprint density at radius 3 is 2.60 bits per heavy atom. The van der Waals surface area contributed by atoms with Crippen LogP contribution in [0.15, 0.2) is 16.8 Å². The lowest BCUT2D eigenvalue weighted by atomic mass is 9.71. The van der Waals surface area contributed by atoms with Gasteiger partial charge >= 0.3 is 0 Å². The van der Waals surface area contributed by atoms with E-state index in [2.05, 4.69) is 25.3 Å². The van der Waals surface area contributed by atoms with Crippen LogP contribution in [0.1, 0.15) is 51.2 Å². The van der Waals surface area contributed by atoms with Gasteiger partial charge in [-0.05, 0) is 59.4 Å². The van der Waals surface area contributed by atoms with Crippen LogP contribution < -0.4 is 0 Å². The molecule has 1 aliphatic rings. The zero-order chi connectivity index (χ0) is 10.9. The van der Waals surface area contributed by atoms with Crippen molar-refractivity contribution >= 4 is 11.3 Å². The Hall–Kier alpha value is -0.340. The van der Waals surface area contributed by atoms with Gasteiger partial charge in [0, 0.05) is 0 Å². The Balaban J connectivity index is 1.96. The van der Waals surface area contributed by atoms with Crippen LogP contribution in [-0.2, 0) is 0 Å². The molecule has 2 heteroatoms. The summed E-state index contributed by atoms with van der Waals surface area (Å²) in [6.45, 7) is 4.67. The molecule has 1 nitrogen and oxygen atoms in total. The van der Waals surface area contributed by atoms with Crippen LogP contribution in [0.3, 0.4) is 0 Å². The van der Waals surface area contributed by atoms with E-state index in [4.69, 9.17) is 0 Å². The maximum atomic E-state index is 10.2. The smallest absolute Gasteiger partial charge is 0.0826 e. The molecule has 1 unspecified atom stereocenters. The first-order valence-electron chi connectivity index (χ1n) is 5.79. The summed E-state index contributed by atoms with van der Waals surface area (Å²) in [7, 11) is 0. The van der Waals surface area contributed by atoms with E-state index in [1.165, 1.54) is 25.7 Å². The van der Waals surface area contributed by atoms with E-state index in [1.54, 1.807) is 11.3 Å². The quantitative estimate of drug-likeness (QED) is 0.805. The summed E-state index contributed by atoms with van der Waals surface area (Å²) in [5, 5.41) is 14.3. The Bertz CT molecular complexity index is 292. The molecule has 0 aliphatic heterocycles. The van der Waals surface area contributed by atoms with E-state index in [9.17, 15) is 5.11 Å². The van der Waals surface area contributed by atoms with Gasteiger partial charge in [0.15, 0.2) is 0 Å². The number of aliphatic hydroxyl groups is 1. The fourth-order valence-corrected chi connectivity index (χ4v) is 3.14. The van der Waals surface area contributed by atoms with Gasteiger partial charge in [-0.3, -0.25) is 0 Å². The van der Waals surface area contributed by atoms with Gasteiger partial charge in [-0.1, -0.05) is 13.8 Å². The van der Waals surface area contributed by atoms with Crippen LogP contribution in [0.2, 0.25) is 0 Å². The van der Waals surface area contributed by atoms with Gasteiger partial charge in [-0.25, -0.2) is 0 Å². The molecule has 15 heavy (non-hydrogen) atoms. The Labute approximate surface area is 96.1 Å². The van der Waals surface area contributed by atoms with E-state index in [0.29, 0.717) is 11.3 Å². The highest BCUT2D eigenvalue weighted by atomic mass is 32.1. The van der Waals surface area contributed by atoms with Crippen molar-refractivity contribution in [2.45, 2.75) is 45.6 Å². The Kier molecular flexibility index (Phi) is 3.17. The highest BCUT2D eigenvalue weighted by Crippen LogP contribution is 2.42. The molecule has 0 aromatic carbocycles. The van der Waals surface area contributed by atoms with Crippen molar-refractivity contribution in [2.75, 3.05) is 0 Å². The Morgan fingerprint density at radius 2 is 2.07 bits per heavy atom. The normalized spacial score (nSPS) is 23.9. The first-order chi connectivity index (χ1) is 7.08. The third-order valence-electron chi connectivity index (χ3n) is 3.72. The van der Waals surface area contributed by atoms with Gasteiger partial charge in [0.2, 0.25) is 0 Å². The summed E-state index contributed by atoms with van der Waals surface area (Å²) < 4.78 is 0. The largest absolute Gasteiger partial charge is 0.388 e. The first-order valence-corrected chi connectivity index (χ1v) is 6.73. The highest BCUT2D eigenvalue weighted by molar-refractivity contribution is 7.07. The molecule has 0 saturated heterocycles. The van der Waals surface area contributed by atoms with E-state index < -0.39 is 0 Å². The highest BCUT2D eigenvalue weighted by Gasteiger charge is 2.31. The lowest BCUT2D eigenvalue weighted by Crippen LogP contribution is -2.24. The third-order valence-corrected chi connectivity index (χ3v) is 4.42.